The molecule has 3 nitrogen and oxygen atoms in total. The summed E-state index contributed by atoms with van der Waals surface area (Å²) < 4.78 is 0. The molecule has 0 amide bonds. The third-order valence-electron chi connectivity index (χ3n) is 5.05. The second-order valence-electron chi connectivity index (χ2n) is 6.69. The van der Waals surface area contributed by atoms with Crippen molar-refractivity contribution < 1.29 is 9.90 Å². The average molecular weight is 371 g/mol. The van der Waals surface area contributed by atoms with Crippen LogP contribution in [0.1, 0.15) is 32.3 Å². The van der Waals surface area contributed by atoms with Gasteiger partial charge in [-0.15, -0.1) is 11.8 Å². The number of thioether (sulfide) groups is 1. The van der Waals surface area contributed by atoms with Crippen LogP contribution in [-0.2, 0) is 6.61 Å². The van der Waals surface area contributed by atoms with E-state index in [0.717, 1.165) is 44.1 Å². The summed E-state index contributed by atoms with van der Waals surface area (Å²) in [5.41, 5.74) is 6.28. The Morgan fingerprint density at radius 1 is 0.926 bits per heavy atom. The van der Waals surface area contributed by atoms with Crippen molar-refractivity contribution in [1.82, 2.24) is 0 Å². The molecule has 4 heteroatoms. The molecule has 27 heavy (non-hydrogen) atoms. The Morgan fingerprint density at radius 2 is 1.70 bits per heavy atom. The van der Waals surface area contributed by atoms with E-state index in [0.29, 0.717) is 0 Å². The standard InChI is InChI=1S/C23H17NO2S/c25-13-14-6-5-7-15(12-14)23-20-21(16-8-1-2-9-17(16)22(20)26)24-18-10-3-4-11-19(18)27-23/h1-12,23-25H,13H2. The van der Waals surface area contributed by atoms with Gasteiger partial charge in [0, 0.05) is 21.6 Å². The van der Waals surface area contributed by atoms with Crippen molar-refractivity contribution in [3.8, 4) is 0 Å². The van der Waals surface area contributed by atoms with Gasteiger partial charge in [-0.3, -0.25) is 4.79 Å². The lowest BCUT2D eigenvalue weighted by molar-refractivity contribution is 0.103. The fraction of sp³-hybridized carbons (Fsp3) is 0.0870. The van der Waals surface area contributed by atoms with E-state index in [4.69, 9.17) is 0 Å². The van der Waals surface area contributed by atoms with E-state index >= 15 is 0 Å². The fourth-order valence-electron chi connectivity index (χ4n) is 3.77. The first-order chi connectivity index (χ1) is 13.3. The number of para-hydroxylation sites is 1. The number of aliphatic hydroxyl groups excluding tert-OH is 1. The highest BCUT2D eigenvalue weighted by atomic mass is 32.2. The topological polar surface area (TPSA) is 49.3 Å². The van der Waals surface area contributed by atoms with E-state index in [1.807, 2.05) is 66.7 Å². The molecule has 0 bridgehead atoms. The summed E-state index contributed by atoms with van der Waals surface area (Å²) in [5.74, 6) is 0.0767. The number of fused-ring (bicyclic) bond motifs is 3. The molecule has 3 aromatic carbocycles. The summed E-state index contributed by atoms with van der Waals surface area (Å²) in [4.78, 5) is 14.4. The number of ketones is 1. The minimum atomic E-state index is -0.137. The Bertz CT molecular complexity index is 1100. The Balaban J connectivity index is 1.74. The predicted molar refractivity (Wildman–Crippen MR) is 109 cm³/mol. The smallest absolute Gasteiger partial charge is 0.193 e. The highest BCUT2D eigenvalue weighted by Crippen LogP contribution is 2.52. The summed E-state index contributed by atoms with van der Waals surface area (Å²) in [6.45, 7) is -0.0137. The van der Waals surface area contributed by atoms with Crippen LogP contribution < -0.4 is 5.32 Å². The molecular formula is C23H17NO2S. The molecule has 0 saturated carbocycles. The highest BCUT2D eigenvalue weighted by Gasteiger charge is 2.38. The van der Waals surface area contributed by atoms with E-state index in [2.05, 4.69) is 11.4 Å². The minimum Gasteiger partial charge on any atom is -0.392 e. The summed E-state index contributed by atoms with van der Waals surface area (Å²) in [6, 6.07) is 23.8. The molecular weight excluding hydrogens is 354 g/mol. The number of anilines is 1. The van der Waals surface area contributed by atoms with Crippen molar-refractivity contribution in [1.29, 1.82) is 0 Å². The van der Waals surface area contributed by atoms with Crippen LogP contribution in [0.3, 0.4) is 0 Å². The Labute approximate surface area is 161 Å². The molecule has 5 rings (SSSR count). The lowest BCUT2D eigenvalue weighted by Crippen LogP contribution is -2.08. The molecule has 1 unspecified atom stereocenters. The van der Waals surface area contributed by atoms with Gasteiger partial charge in [-0.25, -0.2) is 0 Å². The Morgan fingerprint density at radius 3 is 2.56 bits per heavy atom. The monoisotopic (exact) mass is 371 g/mol. The zero-order valence-corrected chi connectivity index (χ0v) is 15.3. The Hall–Kier alpha value is -2.82. The van der Waals surface area contributed by atoms with Crippen LogP contribution >= 0.6 is 11.8 Å². The lowest BCUT2D eigenvalue weighted by atomic mass is 9.99. The van der Waals surface area contributed by atoms with Crippen LogP contribution in [0.2, 0.25) is 0 Å². The Kier molecular flexibility index (Phi) is 3.88. The van der Waals surface area contributed by atoms with E-state index in [1.54, 1.807) is 11.8 Å². The van der Waals surface area contributed by atoms with Crippen LogP contribution in [0.5, 0.6) is 0 Å². The fourth-order valence-corrected chi connectivity index (χ4v) is 5.05. The highest BCUT2D eigenvalue weighted by molar-refractivity contribution is 8.00. The van der Waals surface area contributed by atoms with E-state index in [1.165, 1.54) is 0 Å². The van der Waals surface area contributed by atoms with Crippen LogP contribution in [-0.4, -0.2) is 10.9 Å². The van der Waals surface area contributed by atoms with Gasteiger partial charge in [0.2, 0.25) is 0 Å². The van der Waals surface area contributed by atoms with Gasteiger partial charge in [0.1, 0.15) is 0 Å². The second kappa shape index (κ2) is 6.41. The molecule has 1 aliphatic carbocycles. The van der Waals surface area contributed by atoms with Gasteiger partial charge < -0.3 is 10.4 Å². The summed E-state index contributed by atoms with van der Waals surface area (Å²) in [7, 11) is 0. The first kappa shape index (κ1) is 16.4. The summed E-state index contributed by atoms with van der Waals surface area (Å²) in [5, 5.41) is 12.9. The number of carbonyl (C=O) groups excluding carboxylic acids is 1. The maximum atomic E-state index is 13.3. The quantitative estimate of drug-likeness (QED) is 0.662. The van der Waals surface area contributed by atoms with Crippen LogP contribution in [0.15, 0.2) is 83.3 Å². The van der Waals surface area contributed by atoms with E-state index < -0.39 is 0 Å². The molecule has 0 fully saturated rings. The van der Waals surface area contributed by atoms with Crippen molar-refractivity contribution >= 4 is 28.9 Å². The molecule has 0 saturated heterocycles. The first-order valence-electron chi connectivity index (χ1n) is 8.87. The zero-order valence-electron chi connectivity index (χ0n) is 14.5. The molecule has 2 aliphatic rings. The van der Waals surface area contributed by atoms with Gasteiger partial charge in [0.25, 0.3) is 0 Å². The normalized spacial score (nSPS) is 17.7. The molecule has 1 atom stereocenters. The second-order valence-corrected chi connectivity index (χ2v) is 7.83. The number of Topliss-reactive ketones (excluding diaryl/α,β-unsaturated/α-hetero) is 1. The number of nitrogens with one attached hydrogen (secondary N) is 1. The number of carbonyl (C=O) groups is 1. The minimum absolute atomic E-state index is 0.0137. The maximum Gasteiger partial charge on any atom is 0.193 e. The molecule has 0 spiro atoms. The van der Waals surface area contributed by atoms with Crippen LogP contribution in [0.4, 0.5) is 5.69 Å². The van der Waals surface area contributed by atoms with Crippen molar-refractivity contribution in [3.05, 3.63) is 101 Å². The first-order valence-corrected chi connectivity index (χ1v) is 9.75. The molecule has 3 aromatic rings. The average Bonchev–Trinajstić information content (AvgIpc) is 2.88. The van der Waals surface area contributed by atoms with Crippen molar-refractivity contribution in [2.24, 2.45) is 0 Å². The van der Waals surface area contributed by atoms with Gasteiger partial charge in [0.05, 0.1) is 23.2 Å². The third-order valence-corrected chi connectivity index (χ3v) is 6.40. The molecule has 2 N–H and O–H groups in total. The van der Waals surface area contributed by atoms with Crippen LogP contribution in [0.25, 0.3) is 5.70 Å². The maximum absolute atomic E-state index is 13.3. The van der Waals surface area contributed by atoms with Gasteiger partial charge >= 0.3 is 0 Å². The SMILES string of the molecule is O=C1C2=C(Nc3ccccc3SC2c2cccc(CO)c2)c2ccccc21. The lowest BCUT2D eigenvalue weighted by Gasteiger charge is -2.18. The largest absolute Gasteiger partial charge is 0.392 e. The number of aliphatic hydroxyl groups is 1. The van der Waals surface area contributed by atoms with Crippen molar-refractivity contribution in [2.45, 2.75) is 16.8 Å². The van der Waals surface area contributed by atoms with E-state index in [-0.39, 0.29) is 17.6 Å². The van der Waals surface area contributed by atoms with Crippen molar-refractivity contribution in [2.75, 3.05) is 5.32 Å². The molecule has 132 valence electrons. The number of hydrogen-bond acceptors (Lipinski definition) is 4. The molecule has 0 aromatic heterocycles. The molecule has 1 aliphatic heterocycles. The van der Waals surface area contributed by atoms with E-state index in [9.17, 15) is 9.90 Å². The summed E-state index contributed by atoms with van der Waals surface area (Å²) in [6.07, 6.45) is 0. The predicted octanol–water partition coefficient (Wildman–Crippen LogP) is 5.05. The number of hydrogen-bond donors (Lipinski definition) is 2. The number of rotatable bonds is 2. The van der Waals surface area contributed by atoms with Gasteiger partial charge in [-0.1, -0.05) is 60.7 Å². The van der Waals surface area contributed by atoms with Gasteiger partial charge in [0.15, 0.2) is 5.78 Å². The summed E-state index contributed by atoms with van der Waals surface area (Å²) >= 11 is 1.68. The number of benzene rings is 3. The third kappa shape index (κ3) is 2.60. The molecule has 0 radical (unpaired) electrons. The van der Waals surface area contributed by atoms with Gasteiger partial charge in [-0.05, 0) is 23.3 Å². The van der Waals surface area contributed by atoms with Crippen LogP contribution in [0, 0.1) is 0 Å². The van der Waals surface area contributed by atoms with Gasteiger partial charge in [-0.2, -0.15) is 0 Å². The molecule has 1 heterocycles. The zero-order chi connectivity index (χ0) is 18.4. The van der Waals surface area contributed by atoms with Crippen molar-refractivity contribution in [3.63, 3.8) is 0 Å².